The zero-order valence-electron chi connectivity index (χ0n) is 42.6. The van der Waals surface area contributed by atoms with Crippen molar-refractivity contribution in [3.8, 4) is 22.9 Å². The summed E-state index contributed by atoms with van der Waals surface area (Å²) in [4.78, 5) is 29.9. The molecule has 2 aliphatic heterocycles. The zero-order chi connectivity index (χ0) is 56.4. The van der Waals surface area contributed by atoms with E-state index in [1.54, 1.807) is 94.6 Å². The summed E-state index contributed by atoms with van der Waals surface area (Å²) in [7, 11) is 43.7. The summed E-state index contributed by atoms with van der Waals surface area (Å²) in [6, 6.07) is 22.6. The lowest BCUT2D eigenvalue weighted by Crippen LogP contribution is -2.75. The van der Waals surface area contributed by atoms with E-state index in [1.807, 2.05) is 28.0 Å². The van der Waals surface area contributed by atoms with E-state index in [9.17, 15) is 26.4 Å². The minimum atomic E-state index is -3.34. The van der Waals surface area contributed by atoms with Crippen LogP contribution in [0.5, 0.6) is 11.5 Å². The highest BCUT2D eigenvalue weighted by molar-refractivity contribution is 8.13. The zero-order valence-corrected chi connectivity index (χ0v) is 46.5. The normalized spacial score (nSPS) is 14.0. The van der Waals surface area contributed by atoms with Crippen LogP contribution < -0.4 is 25.7 Å². The second-order valence-corrected chi connectivity index (χ2v) is 24.7. The quantitative estimate of drug-likeness (QED) is 0.127. The molecule has 4 heterocycles. The molecule has 3 aromatic carbocycles. The van der Waals surface area contributed by atoms with E-state index >= 15 is 0 Å². The Balaban J connectivity index is 0.000000263. The number of sulfonamides is 2. The van der Waals surface area contributed by atoms with Gasteiger partial charge in [0.05, 0.1) is 40.0 Å². The number of ether oxygens (including phenoxy) is 1. The fourth-order valence-corrected chi connectivity index (χ4v) is 11.5. The number of para-hydroxylation sites is 1. The van der Waals surface area contributed by atoms with Crippen LogP contribution in [-0.4, -0.2) is 222 Å². The number of nitrogens with zero attached hydrogens (tertiary/aromatic N) is 8. The van der Waals surface area contributed by atoms with Crippen LogP contribution in [0, 0.1) is 0 Å². The van der Waals surface area contributed by atoms with Gasteiger partial charge in [-0.3, -0.25) is 9.59 Å². The van der Waals surface area contributed by atoms with Gasteiger partial charge in [-0.2, -0.15) is 28.2 Å². The molecule has 0 saturated carbocycles. The van der Waals surface area contributed by atoms with Crippen molar-refractivity contribution in [1.82, 2.24) is 28.2 Å². The molecule has 2 aliphatic rings. The van der Waals surface area contributed by atoms with Crippen molar-refractivity contribution in [2.24, 2.45) is 0 Å². The summed E-state index contributed by atoms with van der Waals surface area (Å²) in [5, 5.41) is 8.64. The summed E-state index contributed by atoms with van der Waals surface area (Å²) in [6.45, 7) is 9.71. The molecule has 0 atom stereocenters. The van der Waals surface area contributed by atoms with Crippen LogP contribution in [0.4, 0.5) is 11.4 Å². The molecule has 376 valence electrons. The summed E-state index contributed by atoms with van der Waals surface area (Å²) < 4.78 is 61.1. The Morgan fingerprint density at radius 2 is 0.935 bits per heavy atom. The van der Waals surface area contributed by atoms with E-state index in [0.717, 1.165) is 0 Å². The predicted octanol–water partition coefficient (Wildman–Crippen LogP) is 0.481. The van der Waals surface area contributed by atoms with E-state index < -0.39 is 86.4 Å². The summed E-state index contributed by atoms with van der Waals surface area (Å²) >= 11 is 18.4. The molecule has 2 fully saturated rings. The molecule has 18 radical (unpaired) electrons. The Morgan fingerprint density at radius 1 is 0.532 bits per heavy atom. The first-order valence-corrected chi connectivity index (χ1v) is 28.3. The Bertz CT molecular complexity index is 3070. The lowest BCUT2D eigenvalue weighted by atomic mass is 8.44. The molecule has 0 N–H and O–H groups in total. The van der Waals surface area contributed by atoms with Gasteiger partial charge >= 0.3 is 5.56 Å². The number of aromatic nitrogens is 4. The number of piperazine rings is 2. The molecule has 0 amide bonds. The van der Waals surface area contributed by atoms with Crippen LogP contribution >= 0.6 is 34.8 Å². The number of halogens is 3. The molecule has 2 aromatic heterocycles. The Kier molecular flexibility index (Phi) is 25.2. The molecule has 77 heavy (non-hydrogen) atoms. The van der Waals surface area contributed by atoms with Crippen LogP contribution in [0.25, 0.3) is 11.4 Å². The van der Waals surface area contributed by atoms with Crippen LogP contribution in [-0.2, 0) is 20.0 Å². The molecule has 5 aromatic rings. The summed E-state index contributed by atoms with van der Waals surface area (Å²) in [5.41, 5.74) is 1.17. The van der Waals surface area contributed by atoms with Gasteiger partial charge in [0, 0.05) is 177 Å². The van der Waals surface area contributed by atoms with Gasteiger partial charge in [0.15, 0.2) is 0 Å². The topological polar surface area (TPSA) is 160 Å². The highest BCUT2D eigenvalue weighted by Gasteiger charge is 2.39. The standard InChI is InChI=1S/C23H25ClN4O4S.C17H20Cl2N4O3S.CH4.B16/c1-17(2)33(30,31)27-13-11-26(12-14-27)21-16-25-28(19-8-6-7-18(24)15-19)23(29)22(21)32-20-9-4-3-5-10-20;1-12(2)27(25,26)22-8-6-21(7-9-22)15-11-20-23(17(24)16(15)19)14-5-3-4-13(18)10-14;;1-10(2)14(9)16(13(7)8)15(11(3)4)12(5)6/h3-10,15-17H,11-14H2,1-2H3;3-5,10-12H,6-9H2,1-2H3;1H4;. The van der Waals surface area contributed by atoms with E-state index in [4.69, 9.17) is 109 Å². The largest absolute Gasteiger partial charge is 0.449 e. The third-order valence-corrected chi connectivity index (χ3v) is 18.0. The minimum Gasteiger partial charge on any atom is -0.449 e. The predicted molar refractivity (Wildman–Crippen MR) is 336 cm³/mol. The van der Waals surface area contributed by atoms with Crippen LogP contribution in [0.2, 0.25) is 15.1 Å². The van der Waals surface area contributed by atoms with Gasteiger partial charge in [-0.15, -0.1) is 0 Å². The van der Waals surface area contributed by atoms with Crippen molar-refractivity contribution in [3.63, 3.8) is 0 Å². The highest BCUT2D eigenvalue weighted by atomic mass is 35.5. The molecular formula is C41H49B16Cl3N8O7S2. The fraction of sp³-hybridized carbons (Fsp3) is 0.366. The van der Waals surface area contributed by atoms with Crippen molar-refractivity contribution in [2.45, 2.75) is 45.6 Å². The third-order valence-electron chi connectivity index (χ3n) is 12.6. The summed E-state index contributed by atoms with van der Waals surface area (Å²) in [6.07, 6.45) is -1.92. The molecular weight excluding hydrogens is 1060 g/mol. The van der Waals surface area contributed by atoms with Gasteiger partial charge in [0.1, 0.15) is 16.5 Å². The van der Waals surface area contributed by atoms with Gasteiger partial charge in [-0.05, 0) is 76.2 Å². The molecule has 15 nitrogen and oxygen atoms in total. The molecule has 0 unspecified atom stereocenters. The average Bonchev–Trinajstić information content (AvgIpc) is 3.37. The van der Waals surface area contributed by atoms with Crippen molar-refractivity contribution in [3.05, 3.63) is 127 Å². The van der Waals surface area contributed by atoms with Crippen LogP contribution in [0.1, 0.15) is 35.1 Å². The van der Waals surface area contributed by atoms with Gasteiger partial charge in [-0.25, -0.2) is 16.8 Å². The van der Waals surface area contributed by atoms with E-state index in [2.05, 4.69) is 10.2 Å². The number of rotatable bonds is 16. The van der Waals surface area contributed by atoms with Crippen molar-refractivity contribution in [1.29, 1.82) is 0 Å². The van der Waals surface area contributed by atoms with Gasteiger partial charge in [0.2, 0.25) is 25.8 Å². The minimum absolute atomic E-state index is 0. The smallest absolute Gasteiger partial charge is 0.316 e. The number of anilines is 2. The summed E-state index contributed by atoms with van der Waals surface area (Å²) in [5.74, 6) is 0.636. The number of hydrogen-bond donors (Lipinski definition) is 0. The maximum Gasteiger partial charge on any atom is 0.316 e. The second kappa shape index (κ2) is 29.3. The van der Waals surface area contributed by atoms with Crippen molar-refractivity contribution in [2.75, 3.05) is 62.2 Å². The number of hydrogen-bond acceptors (Lipinski definition) is 11. The fourth-order valence-electron chi connectivity index (χ4n) is 8.34. The van der Waals surface area contributed by atoms with Crippen LogP contribution in [0.3, 0.4) is 0 Å². The number of benzene rings is 3. The van der Waals surface area contributed by atoms with Crippen molar-refractivity contribution < 1.29 is 21.6 Å². The SMILES string of the molecule is C.CC(C)S(=O)(=O)N1CCN(c2cnn(-c3cccc(Cl)c3)c(=O)c2Cl)CC1.CC(C)S(=O)(=O)N1CCN(c2cnn(-c3cccc(Cl)c3)c(=O)c2Oc2ccccc2)CC1.[B]B([B])B([B])B(B([B])[B])B(B([B])[B])B([B])[B]. The Morgan fingerprint density at radius 3 is 1.32 bits per heavy atom. The van der Waals surface area contributed by atoms with Gasteiger partial charge in [0.25, 0.3) is 5.56 Å². The Labute approximate surface area is 484 Å². The van der Waals surface area contributed by atoms with E-state index in [-0.39, 0.29) is 18.2 Å². The molecule has 0 spiro atoms. The monoisotopic (exact) mass is 1110 g/mol. The maximum absolute atomic E-state index is 13.5. The van der Waals surface area contributed by atoms with Crippen molar-refractivity contribution >= 4 is 181 Å². The first kappa shape index (κ1) is 66.1. The molecule has 0 bridgehead atoms. The molecule has 0 aliphatic carbocycles. The highest BCUT2D eigenvalue weighted by Crippen LogP contribution is 2.31. The third kappa shape index (κ3) is 16.8. The maximum atomic E-state index is 13.5. The average molecular weight is 1110 g/mol. The molecule has 36 heteroatoms. The lowest BCUT2D eigenvalue weighted by Gasteiger charge is -2.37. The lowest BCUT2D eigenvalue weighted by molar-refractivity contribution is 0.378. The molecule has 2 saturated heterocycles. The van der Waals surface area contributed by atoms with E-state index in [0.29, 0.717) is 90.9 Å². The molecule has 7 rings (SSSR count). The van der Waals surface area contributed by atoms with E-state index in [1.165, 1.54) is 24.2 Å². The van der Waals surface area contributed by atoms with Gasteiger partial charge in [-0.1, -0.05) is 72.6 Å². The second-order valence-electron chi connectivity index (χ2n) is 18.5. The van der Waals surface area contributed by atoms with Crippen LogP contribution in [0.15, 0.2) is 101 Å². The Hall–Kier alpha value is -3.45. The van der Waals surface area contributed by atoms with Gasteiger partial charge < -0.3 is 14.5 Å². The first-order chi connectivity index (χ1) is 35.7. The first-order valence-electron chi connectivity index (χ1n) is 24.1.